The van der Waals surface area contributed by atoms with Gasteiger partial charge in [0.25, 0.3) is 5.89 Å². The second kappa shape index (κ2) is 6.48. The maximum atomic E-state index is 11.8. The van der Waals surface area contributed by atoms with Gasteiger partial charge < -0.3 is 8.94 Å². The molecule has 26 heavy (non-hydrogen) atoms. The fourth-order valence-electron chi connectivity index (χ4n) is 2.77. The zero-order valence-corrected chi connectivity index (χ0v) is 14.5. The highest BCUT2D eigenvalue weighted by Gasteiger charge is 2.12. The van der Waals surface area contributed by atoms with Crippen LogP contribution in [0.2, 0.25) is 0 Å². The van der Waals surface area contributed by atoms with Crippen molar-refractivity contribution in [2.24, 2.45) is 0 Å². The largest absolute Gasteiger partial charge is 0.419 e. The van der Waals surface area contributed by atoms with Crippen LogP contribution in [-0.2, 0) is 6.54 Å². The van der Waals surface area contributed by atoms with Crippen LogP contribution < -0.4 is 5.76 Å². The topological polar surface area (TPSA) is 74.1 Å². The molecule has 0 saturated carbocycles. The van der Waals surface area contributed by atoms with Crippen molar-refractivity contribution in [3.8, 4) is 11.4 Å². The Hall–Kier alpha value is -3.41. The summed E-state index contributed by atoms with van der Waals surface area (Å²) in [6, 6.07) is 13.6. The van der Waals surface area contributed by atoms with E-state index in [0.29, 0.717) is 23.8 Å². The van der Waals surface area contributed by atoms with E-state index in [9.17, 15) is 4.79 Å². The van der Waals surface area contributed by atoms with Gasteiger partial charge in [-0.3, -0.25) is 4.57 Å². The van der Waals surface area contributed by atoms with Crippen LogP contribution >= 0.6 is 0 Å². The molecule has 0 bridgehead atoms. The van der Waals surface area contributed by atoms with E-state index >= 15 is 0 Å². The van der Waals surface area contributed by atoms with Crippen molar-refractivity contribution >= 4 is 23.3 Å². The molecule has 0 unspecified atom stereocenters. The number of fused-ring (bicyclic) bond motifs is 1. The molecule has 0 spiro atoms. The minimum absolute atomic E-state index is 0.366. The summed E-state index contributed by atoms with van der Waals surface area (Å²) in [4.78, 5) is 16.2. The van der Waals surface area contributed by atoms with Crippen LogP contribution in [0, 0.1) is 6.92 Å². The fourth-order valence-corrected chi connectivity index (χ4v) is 2.77. The molecule has 0 amide bonds. The second-order valence-electron chi connectivity index (χ2n) is 5.99. The van der Waals surface area contributed by atoms with Crippen LogP contribution in [0.3, 0.4) is 0 Å². The van der Waals surface area contributed by atoms with Crippen molar-refractivity contribution in [1.82, 2.24) is 14.7 Å². The summed E-state index contributed by atoms with van der Waals surface area (Å²) >= 11 is 0. The van der Waals surface area contributed by atoms with Crippen molar-refractivity contribution < 1.29 is 8.94 Å². The lowest BCUT2D eigenvalue weighted by molar-refractivity contribution is 0.411. The number of nitrogens with zero attached hydrogens (tertiary/aromatic N) is 3. The molecular weight excluding hydrogens is 330 g/mol. The second-order valence-corrected chi connectivity index (χ2v) is 5.99. The number of oxazole rings is 1. The summed E-state index contributed by atoms with van der Waals surface area (Å²) in [6.07, 6.45) is 3.69. The van der Waals surface area contributed by atoms with Gasteiger partial charge in [-0.2, -0.15) is 4.98 Å². The molecule has 0 N–H and O–H groups in total. The maximum Gasteiger partial charge on any atom is 0.419 e. The molecule has 6 heteroatoms. The molecule has 0 aliphatic rings. The van der Waals surface area contributed by atoms with E-state index < -0.39 is 0 Å². The van der Waals surface area contributed by atoms with E-state index in [1.165, 1.54) is 5.56 Å². The van der Waals surface area contributed by atoms with E-state index in [4.69, 9.17) is 8.94 Å². The predicted molar refractivity (Wildman–Crippen MR) is 99.5 cm³/mol. The monoisotopic (exact) mass is 347 g/mol. The Balaban J connectivity index is 1.62. The number of hydrogen-bond donors (Lipinski definition) is 0. The van der Waals surface area contributed by atoms with Gasteiger partial charge in [-0.05, 0) is 43.7 Å². The van der Waals surface area contributed by atoms with E-state index in [1.54, 1.807) is 16.7 Å². The number of hydrogen-bond acceptors (Lipinski definition) is 5. The molecule has 2 aromatic heterocycles. The van der Waals surface area contributed by atoms with Gasteiger partial charge in [-0.25, -0.2) is 4.79 Å². The summed E-state index contributed by atoms with van der Waals surface area (Å²) in [5.41, 5.74) is 4.26. The first kappa shape index (κ1) is 16.1. The Morgan fingerprint density at radius 2 is 1.92 bits per heavy atom. The highest BCUT2D eigenvalue weighted by molar-refractivity contribution is 5.79. The Morgan fingerprint density at radius 3 is 2.69 bits per heavy atom. The quantitative estimate of drug-likeness (QED) is 0.554. The zero-order valence-electron chi connectivity index (χ0n) is 14.5. The highest BCUT2D eigenvalue weighted by atomic mass is 16.5. The average molecular weight is 347 g/mol. The summed E-state index contributed by atoms with van der Waals surface area (Å²) in [6.45, 7) is 4.50. The minimum atomic E-state index is -0.366. The van der Waals surface area contributed by atoms with E-state index in [0.717, 1.165) is 16.6 Å². The minimum Gasteiger partial charge on any atom is -0.408 e. The van der Waals surface area contributed by atoms with Gasteiger partial charge in [-0.1, -0.05) is 35.0 Å². The van der Waals surface area contributed by atoms with Crippen molar-refractivity contribution in [2.75, 3.05) is 0 Å². The lowest BCUT2D eigenvalue weighted by Crippen LogP contribution is -2.11. The van der Waals surface area contributed by atoms with Gasteiger partial charge >= 0.3 is 5.76 Å². The molecule has 4 rings (SSSR count). The van der Waals surface area contributed by atoms with Crippen LogP contribution in [-0.4, -0.2) is 14.7 Å². The van der Waals surface area contributed by atoms with Gasteiger partial charge in [0.05, 0.1) is 5.52 Å². The highest BCUT2D eigenvalue weighted by Crippen LogP contribution is 2.22. The third kappa shape index (κ3) is 2.97. The standard InChI is InChI=1S/C20H17N3O3/c1-3-23-16-10-9-15(12-17(16)25-20(23)24)19-21-18(26-22-19)11-8-14-6-4-13(2)5-7-14/h4-12H,3H2,1-2H3/b11-8+. The molecule has 0 radical (unpaired) electrons. The van der Waals surface area contributed by atoms with Crippen LogP contribution in [0.15, 0.2) is 56.2 Å². The summed E-state index contributed by atoms with van der Waals surface area (Å²) in [7, 11) is 0. The SMILES string of the molecule is CCn1c(=O)oc2cc(-c3noc(/C=C/c4ccc(C)cc4)n3)ccc21. The number of benzene rings is 2. The van der Waals surface area contributed by atoms with Crippen LogP contribution in [0.4, 0.5) is 0 Å². The molecular formula is C20H17N3O3. The van der Waals surface area contributed by atoms with E-state index in [-0.39, 0.29) is 5.76 Å². The molecule has 2 heterocycles. The number of aromatic nitrogens is 3. The lowest BCUT2D eigenvalue weighted by Gasteiger charge is -1.97. The maximum absolute atomic E-state index is 11.8. The Labute approximate surface area is 149 Å². The third-order valence-corrected chi connectivity index (χ3v) is 4.18. The molecule has 0 atom stereocenters. The number of aryl methyl sites for hydroxylation is 2. The third-order valence-electron chi connectivity index (χ3n) is 4.18. The summed E-state index contributed by atoms with van der Waals surface area (Å²) in [5, 5.41) is 4.01. The summed E-state index contributed by atoms with van der Waals surface area (Å²) in [5.74, 6) is 0.491. The van der Waals surface area contributed by atoms with Crippen LogP contribution in [0.5, 0.6) is 0 Å². The molecule has 0 fully saturated rings. The van der Waals surface area contributed by atoms with Gasteiger partial charge in [0.15, 0.2) is 5.58 Å². The Morgan fingerprint density at radius 1 is 1.12 bits per heavy atom. The fraction of sp³-hybridized carbons (Fsp3) is 0.150. The normalized spacial score (nSPS) is 11.6. The Kier molecular flexibility index (Phi) is 4.01. The first-order chi connectivity index (χ1) is 12.6. The predicted octanol–water partition coefficient (Wildman–Crippen LogP) is 4.14. The van der Waals surface area contributed by atoms with Crippen LogP contribution in [0.1, 0.15) is 23.9 Å². The molecule has 4 aromatic rings. The summed E-state index contributed by atoms with van der Waals surface area (Å²) < 4.78 is 12.1. The molecule has 0 aliphatic carbocycles. The zero-order chi connectivity index (χ0) is 18.1. The number of rotatable bonds is 4. The van der Waals surface area contributed by atoms with Crippen molar-refractivity contribution in [3.63, 3.8) is 0 Å². The van der Waals surface area contributed by atoms with E-state index in [2.05, 4.69) is 10.1 Å². The van der Waals surface area contributed by atoms with Crippen molar-refractivity contribution in [1.29, 1.82) is 0 Å². The van der Waals surface area contributed by atoms with Gasteiger partial charge in [-0.15, -0.1) is 0 Å². The molecule has 6 nitrogen and oxygen atoms in total. The van der Waals surface area contributed by atoms with Crippen molar-refractivity contribution in [2.45, 2.75) is 20.4 Å². The molecule has 0 saturated heterocycles. The lowest BCUT2D eigenvalue weighted by atomic mass is 10.1. The first-order valence-electron chi connectivity index (χ1n) is 8.36. The van der Waals surface area contributed by atoms with Crippen LogP contribution in [0.25, 0.3) is 34.6 Å². The molecule has 2 aromatic carbocycles. The smallest absolute Gasteiger partial charge is 0.408 e. The Bertz CT molecular complexity index is 1150. The van der Waals surface area contributed by atoms with Gasteiger partial charge in [0, 0.05) is 18.2 Å². The molecule has 130 valence electrons. The van der Waals surface area contributed by atoms with Gasteiger partial charge in [0.1, 0.15) is 0 Å². The van der Waals surface area contributed by atoms with E-state index in [1.807, 2.05) is 56.3 Å². The molecule has 0 aliphatic heterocycles. The van der Waals surface area contributed by atoms with Crippen molar-refractivity contribution in [3.05, 3.63) is 70.0 Å². The average Bonchev–Trinajstić information content (AvgIpc) is 3.24. The first-order valence-corrected chi connectivity index (χ1v) is 8.36. The van der Waals surface area contributed by atoms with Gasteiger partial charge in [0.2, 0.25) is 5.82 Å².